The molecule has 0 N–H and O–H groups in total. The van der Waals surface area contributed by atoms with Gasteiger partial charge in [-0.25, -0.2) is 4.68 Å². The molecule has 0 bridgehead atoms. The monoisotopic (exact) mass is 300 g/mol. The second-order valence-corrected chi connectivity index (χ2v) is 6.70. The molecule has 0 aliphatic rings. The fraction of sp³-hybridized carbons (Fsp3) is 0.455. The molecule has 0 aromatic carbocycles. The molecule has 0 saturated carbocycles. The van der Waals surface area contributed by atoms with Gasteiger partial charge in [0.1, 0.15) is 0 Å². The van der Waals surface area contributed by atoms with Crippen molar-refractivity contribution in [3.63, 3.8) is 0 Å². The Balaban J connectivity index is 2.74. The molecule has 0 radical (unpaired) electrons. The minimum atomic E-state index is -0.0237. The number of aromatic nitrogens is 2. The number of thiophene rings is 1. The number of aryl methyl sites for hydroxylation is 1. The molecule has 0 fully saturated rings. The van der Waals surface area contributed by atoms with Crippen LogP contribution in [0.1, 0.15) is 19.5 Å². The quantitative estimate of drug-likeness (QED) is 0.855. The Hall–Kier alpha value is -0.680. The van der Waals surface area contributed by atoms with Crippen LogP contribution in [0.25, 0.3) is 10.1 Å². The summed E-state index contributed by atoms with van der Waals surface area (Å²) in [4.78, 5) is 11.9. The van der Waals surface area contributed by atoms with Crippen LogP contribution in [0.5, 0.6) is 0 Å². The molecule has 3 nitrogen and oxygen atoms in total. The Morgan fingerprint density at radius 3 is 2.88 bits per heavy atom. The van der Waals surface area contributed by atoms with E-state index in [9.17, 15) is 4.79 Å². The lowest BCUT2D eigenvalue weighted by atomic mass is 10.1. The Labute approximate surface area is 106 Å². The van der Waals surface area contributed by atoms with Crippen molar-refractivity contribution in [1.29, 1.82) is 0 Å². The van der Waals surface area contributed by atoms with Gasteiger partial charge in [0.2, 0.25) is 0 Å². The highest BCUT2D eigenvalue weighted by Crippen LogP contribution is 2.30. The maximum atomic E-state index is 11.9. The zero-order valence-electron chi connectivity index (χ0n) is 9.45. The Bertz CT molecular complexity index is 585. The highest BCUT2D eigenvalue weighted by atomic mass is 79.9. The molecule has 2 aromatic heterocycles. The van der Waals surface area contributed by atoms with E-state index in [1.165, 1.54) is 4.68 Å². The highest BCUT2D eigenvalue weighted by molar-refractivity contribution is 9.11. The zero-order valence-corrected chi connectivity index (χ0v) is 11.9. The van der Waals surface area contributed by atoms with E-state index in [2.05, 4.69) is 34.9 Å². The van der Waals surface area contributed by atoms with E-state index < -0.39 is 0 Å². The summed E-state index contributed by atoms with van der Waals surface area (Å²) in [6.07, 6.45) is 0.900. The van der Waals surface area contributed by atoms with Gasteiger partial charge in [0.05, 0.1) is 19.6 Å². The second kappa shape index (κ2) is 4.30. The first-order valence-corrected chi connectivity index (χ1v) is 6.75. The van der Waals surface area contributed by atoms with Crippen molar-refractivity contribution in [2.24, 2.45) is 13.0 Å². The largest absolute Gasteiger partial charge is 0.275 e. The van der Waals surface area contributed by atoms with Crippen LogP contribution in [-0.2, 0) is 13.5 Å². The molecule has 0 aliphatic heterocycles. The van der Waals surface area contributed by atoms with E-state index in [1.54, 1.807) is 18.4 Å². The first-order chi connectivity index (χ1) is 7.49. The van der Waals surface area contributed by atoms with Gasteiger partial charge in [0.25, 0.3) is 5.56 Å². The number of fused-ring (bicyclic) bond motifs is 1. The normalized spacial score (nSPS) is 11.6. The fourth-order valence-electron chi connectivity index (χ4n) is 1.70. The molecular weight excluding hydrogens is 288 g/mol. The molecule has 86 valence electrons. The lowest BCUT2D eigenvalue weighted by Crippen LogP contribution is -2.21. The number of rotatable bonds is 2. The summed E-state index contributed by atoms with van der Waals surface area (Å²) in [7, 11) is 1.71. The Morgan fingerprint density at radius 1 is 1.56 bits per heavy atom. The molecule has 5 heteroatoms. The van der Waals surface area contributed by atoms with E-state index in [-0.39, 0.29) is 5.56 Å². The van der Waals surface area contributed by atoms with Crippen molar-refractivity contribution >= 4 is 37.4 Å². The third-order valence-corrected chi connectivity index (χ3v) is 4.05. The molecule has 0 spiro atoms. The van der Waals surface area contributed by atoms with Crippen molar-refractivity contribution < 1.29 is 0 Å². The molecule has 0 amide bonds. The zero-order chi connectivity index (χ0) is 11.9. The summed E-state index contributed by atoms with van der Waals surface area (Å²) in [5, 5.41) is 5.12. The van der Waals surface area contributed by atoms with E-state index >= 15 is 0 Å². The minimum absolute atomic E-state index is 0.0237. The van der Waals surface area contributed by atoms with Gasteiger partial charge in [-0.2, -0.15) is 5.10 Å². The highest BCUT2D eigenvalue weighted by Gasteiger charge is 2.13. The Morgan fingerprint density at radius 2 is 2.25 bits per heavy atom. The summed E-state index contributed by atoms with van der Waals surface area (Å²) < 4.78 is 3.43. The lowest BCUT2D eigenvalue weighted by molar-refractivity contribution is 0.606. The van der Waals surface area contributed by atoms with Crippen LogP contribution in [0.2, 0.25) is 0 Å². The standard InChI is InChI=1S/C11H13BrN2OS/c1-6(2)4-8-10-7(5-9(12)16-10)11(15)14(3)13-8/h5-6H,4H2,1-3H3. The van der Waals surface area contributed by atoms with Gasteiger partial charge in [-0.15, -0.1) is 11.3 Å². The summed E-state index contributed by atoms with van der Waals surface area (Å²) in [5.41, 5.74) is 0.993. The third kappa shape index (κ3) is 2.06. The van der Waals surface area contributed by atoms with Gasteiger partial charge in [-0.05, 0) is 34.3 Å². The number of hydrogen-bond donors (Lipinski definition) is 0. The van der Waals surface area contributed by atoms with Gasteiger partial charge in [0.15, 0.2) is 0 Å². The second-order valence-electron chi connectivity index (χ2n) is 4.27. The molecule has 0 aliphatic carbocycles. The molecule has 2 heterocycles. The first kappa shape index (κ1) is 11.8. The van der Waals surface area contributed by atoms with Crippen molar-refractivity contribution in [2.75, 3.05) is 0 Å². The van der Waals surface area contributed by atoms with Crippen molar-refractivity contribution in [3.8, 4) is 0 Å². The molecule has 2 rings (SSSR count). The fourth-order valence-corrected chi connectivity index (χ4v) is 3.29. The van der Waals surface area contributed by atoms with Crippen LogP contribution in [0, 0.1) is 5.92 Å². The van der Waals surface area contributed by atoms with Crippen molar-refractivity contribution in [2.45, 2.75) is 20.3 Å². The van der Waals surface area contributed by atoms with Gasteiger partial charge >= 0.3 is 0 Å². The maximum absolute atomic E-state index is 11.9. The topological polar surface area (TPSA) is 34.9 Å². The summed E-state index contributed by atoms with van der Waals surface area (Å²) in [6, 6.07) is 1.88. The molecule has 16 heavy (non-hydrogen) atoms. The lowest BCUT2D eigenvalue weighted by Gasteiger charge is -2.06. The van der Waals surface area contributed by atoms with Gasteiger partial charge < -0.3 is 0 Å². The number of halogens is 1. The van der Waals surface area contributed by atoms with E-state index in [0.717, 1.165) is 26.0 Å². The minimum Gasteiger partial charge on any atom is -0.267 e. The summed E-state index contributed by atoms with van der Waals surface area (Å²) >= 11 is 5.01. The summed E-state index contributed by atoms with van der Waals surface area (Å²) in [5.74, 6) is 0.536. The third-order valence-electron chi connectivity index (χ3n) is 2.36. The smallest absolute Gasteiger partial charge is 0.267 e. The number of hydrogen-bond acceptors (Lipinski definition) is 3. The number of nitrogens with zero attached hydrogens (tertiary/aromatic N) is 2. The van der Waals surface area contributed by atoms with Gasteiger partial charge in [-0.3, -0.25) is 4.79 Å². The van der Waals surface area contributed by atoms with Crippen molar-refractivity contribution in [3.05, 3.63) is 25.9 Å². The average Bonchev–Trinajstić information content (AvgIpc) is 2.56. The van der Waals surface area contributed by atoms with Crippen LogP contribution >= 0.6 is 27.3 Å². The van der Waals surface area contributed by atoms with E-state index in [0.29, 0.717) is 5.92 Å². The van der Waals surface area contributed by atoms with Crippen LogP contribution < -0.4 is 5.56 Å². The molecule has 0 atom stereocenters. The van der Waals surface area contributed by atoms with Gasteiger partial charge in [-0.1, -0.05) is 13.8 Å². The SMILES string of the molecule is CC(C)Cc1nn(C)c(=O)c2cc(Br)sc12. The van der Waals surface area contributed by atoms with Crippen molar-refractivity contribution in [1.82, 2.24) is 9.78 Å². The maximum Gasteiger partial charge on any atom is 0.275 e. The summed E-state index contributed by atoms with van der Waals surface area (Å²) in [6.45, 7) is 4.31. The van der Waals surface area contributed by atoms with Crippen LogP contribution in [-0.4, -0.2) is 9.78 Å². The Kier molecular flexibility index (Phi) is 3.17. The molecular formula is C11H13BrN2OS. The first-order valence-electron chi connectivity index (χ1n) is 5.14. The average molecular weight is 301 g/mol. The van der Waals surface area contributed by atoms with E-state index in [1.807, 2.05) is 6.07 Å². The van der Waals surface area contributed by atoms with Crippen LogP contribution in [0.4, 0.5) is 0 Å². The van der Waals surface area contributed by atoms with Crippen LogP contribution in [0.15, 0.2) is 14.6 Å². The predicted octanol–water partition coefficient (Wildman–Crippen LogP) is 2.96. The van der Waals surface area contributed by atoms with Gasteiger partial charge in [0, 0.05) is 7.05 Å². The molecule has 0 unspecified atom stereocenters. The van der Waals surface area contributed by atoms with Crippen LogP contribution in [0.3, 0.4) is 0 Å². The molecule has 2 aromatic rings. The molecule has 0 saturated heterocycles. The predicted molar refractivity (Wildman–Crippen MR) is 71.1 cm³/mol. The van der Waals surface area contributed by atoms with E-state index in [4.69, 9.17) is 0 Å².